The normalized spacial score (nSPS) is 20.4. The Morgan fingerprint density at radius 1 is 1.24 bits per heavy atom. The van der Waals surface area contributed by atoms with Crippen LogP contribution in [0.2, 0.25) is 0 Å². The molecule has 3 N–H and O–H groups in total. The molecule has 4 nitrogen and oxygen atoms in total. The van der Waals surface area contributed by atoms with Gasteiger partial charge in [0.15, 0.2) is 6.29 Å². The summed E-state index contributed by atoms with van der Waals surface area (Å²) in [6.45, 7) is 0. The van der Waals surface area contributed by atoms with Gasteiger partial charge in [0, 0.05) is 0 Å². The molecule has 0 radical (unpaired) electrons. The van der Waals surface area contributed by atoms with E-state index in [1.807, 2.05) is 0 Å². The van der Waals surface area contributed by atoms with Gasteiger partial charge >= 0.3 is 6.18 Å². The van der Waals surface area contributed by atoms with Gasteiger partial charge in [0.1, 0.15) is 6.42 Å². The van der Waals surface area contributed by atoms with E-state index in [1.54, 1.807) is 0 Å². The van der Waals surface area contributed by atoms with E-state index in [0.29, 0.717) is 12.8 Å². The Bertz CT molecular complexity index is 272. The fourth-order valence-electron chi connectivity index (χ4n) is 2.13. The van der Waals surface area contributed by atoms with Crippen LogP contribution in [0.5, 0.6) is 0 Å². The molecule has 0 spiro atoms. The fraction of sp³-hybridized carbons (Fsp3) is 0.900. The number of alkyl halides is 3. The smallest absolute Gasteiger partial charge is 0.366 e. The van der Waals surface area contributed by atoms with Gasteiger partial charge in [-0.25, -0.2) is 0 Å². The average Bonchev–Trinajstić information content (AvgIpc) is 2.15. The molecule has 0 aromatic heterocycles. The minimum absolute atomic E-state index is 0.286. The van der Waals surface area contributed by atoms with E-state index in [1.165, 1.54) is 0 Å². The molecule has 0 aromatic carbocycles. The number of hydrogen-bond acceptors (Lipinski definition) is 3. The van der Waals surface area contributed by atoms with Crippen molar-refractivity contribution in [1.82, 2.24) is 5.32 Å². The van der Waals surface area contributed by atoms with Gasteiger partial charge in [-0.05, 0) is 12.8 Å². The van der Waals surface area contributed by atoms with Crippen LogP contribution < -0.4 is 5.32 Å². The Morgan fingerprint density at radius 2 is 1.76 bits per heavy atom. The number of rotatable bonds is 3. The third kappa shape index (κ3) is 4.16. The van der Waals surface area contributed by atoms with Crippen molar-refractivity contribution in [3.8, 4) is 0 Å². The highest BCUT2D eigenvalue weighted by Crippen LogP contribution is 2.31. The molecule has 1 amide bonds. The maximum Gasteiger partial charge on any atom is 0.397 e. The molecule has 1 fully saturated rings. The molecule has 1 aliphatic rings. The molecule has 0 aliphatic heterocycles. The van der Waals surface area contributed by atoms with Crippen LogP contribution in [-0.2, 0) is 4.79 Å². The van der Waals surface area contributed by atoms with Gasteiger partial charge in [-0.15, -0.1) is 0 Å². The summed E-state index contributed by atoms with van der Waals surface area (Å²) in [4.78, 5) is 11.2. The summed E-state index contributed by atoms with van der Waals surface area (Å²) in [5, 5.41) is 20.6. The largest absolute Gasteiger partial charge is 0.397 e. The van der Waals surface area contributed by atoms with Crippen molar-refractivity contribution < 1.29 is 28.2 Å². The molecule has 0 aromatic rings. The molecule has 100 valence electrons. The molecule has 7 heteroatoms. The Labute approximate surface area is 96.8 Å². The van der Waals surface area contributed by atoms with Crippen LogP contribution in [0, 0.1) is 0 Å². The highest BCUT2D eigenvalue weighted by Gasteiger charge is 2.41. The van der Waals surface area contributed by atoms with E-state index in [2.05, 4.69) is 5.32 Å². The SMILES string of the molecule is O=C(CC(F)(F)F)NC1(C(O)O)CCCCC1. The number of carbonyl (C=O) groups excluding carboxylic acids is 1. The summed E-state index contributed by atoms with van der Waals surface area (Å²) < 4.78 is 36.0. The molecule has 1 saturated carbocycles. The van der Waals surface area contributed by atoms with Gasteiger partial charge in [0.2, 0.25) is 5.91 Å². The zero-order valence-corrected chi connectivity index (χ0v) is 9.26. The van der Waals surface area contributed by atoms with Crippen molar-refractivity contribution in [1.29, 1.82) is 0 Å². The van der Waals surface area contributed by atoms with Crippen molar-refractivity contribution in [2.24, 2.45) is 0 Å². The zero-order valence-electron chi connectivity index (χ0n) is 9.26. The zero-order chi connectivity index (χ0) is 13.1. The molecule has 0 atom stereocenters. The Kier molecular flexibility index (Phi) is 4.37. The van der Waals surface area contributed by atoms with Crippen LogP contribution in [0.1, 0.15) is 38.5 Å². The predicted octanol–water partition coefficient (Wildman–Crippen LogP) is 1.07. The number of nitrogens with one attached hydrogen (secondary N) is 1. The van der Waals surface area contributed by atoms with Gasteiger partial charge in [0.25, 0.3) is 0 Å². The van der Waals surface area contributed by atoms with E-state index in [0.717, 1.165) is 6.42 Å². The fourth-order valence-corrected chi connectivity index (χ4v) is 2.13. The number of aliphatic hydroxyl groups excluding tert-OH is 1. The second-order valence-corrected chi connectivity index (χ2v) is 4.43. The van der Waals surface area contributed by atoms with Crippen LogP contribution in [0.15, 0.2) is 0 Å². The first-order chi connectivity index (χ1) is 7.75. The first kappa shape index (κ1) is 14.2. The second kappa shape index (κ2) is 5.22. The van der Waals surface area contributed by atoms with Crippen molar-refractivity contribution in [2.75, 3.05) is 0 Å². The van der Waals surface area contributed by atoms with Crippen LogP contribution in [-0.4, -0.2) is 34.1 Å². The van der Waals surface area contributed by atoms with Crippen molar-refractivity contribution in [3.63, 3.8) is 0 Å². The van der Waals surface area contributed by atoms with Gasteiger partial charge in [-0.3, -0.25) is 4.79 Å². The van der Waals surface area contributed by atoms with E-state index in [9.17, 15) is 28.2 Å². The van der Waals surface area contributed by atoms with Crippen molar-refractivity contribution in [2.45, 2.75) is 56.5 Å². The molecule has 17 heavy (non-hydrogen) atoms. The van der Waals surface area contributed by atoms with Gasteiger partial charge in [0.05, 0.1) is 5.54 Å². The monoisotopic (exact) mass is 255 g/mol. The van der Waals surface area contributed by atoms with Crippen molar-refractivity contribution in [3.05, 3.63) is 0 Å². The first-order valence-electron chi connectivity index (χ1n) is 5.49. The predicted molar refractivity (Wildman–Crippen MR) is 52.9 cm³/mol. The maximum atomic E-state index is 12.0. The third-order valence-corrected chi connectivity index (χ3v) is 2.99. The number of aliphatic hydroxyl groups is 2. The number of halogens is 3. The molecule has 1 aliphatic carbocycles. The molecule has 0 heterocycles. The number of hydrogen-bond donors (Lipinski definition) is 3. The standard InChI is InChI=1S/C10H16F3NO3/c11-10(12,13)6-7(15)14-9(8(16)17)4-2-1-3-5-9/h8,16-17H,1-6H2,(H,14,15). The summed E-state index contributed by atoms with van der Waals surface area (Å²) in [5.41, 5.74) is -1.32. The summed E-state index contributed by atoms with van der Waals surface area (Å²) in [6.07, 6.45) is -5.25. The molecule has 1 rings (SSSR count). The Hall–Kier alpha value is -0.820. The Morgan fingerprint density at radius 3 is 2.18 bits per heavy atom. The Balaban J connectivity index is 2.64. The quantitative estimate of drug-likeness (QED) is 0.661. The minimum Gasteiger partial charge on any atom is -0.366 e. The highest BCUT2D eigenvalue weighted by atomic mass is 19.4. The van der Waals surface area contributed by atoms with E-state index >= 15 is 0 Å². The van der Waals surface area contributed by atoms with Gasteiger partial charge in [-0.2, -0.15) is 13.2 Å². The number of carbonyl (C=O) groups is 1. The summed E-state index contributed by atoms with van der Waals surface area (Å²) in [6, 6.07) is 0. The van der Waals surface area contributed by atoms with E-state index in [4.69, 9.17) is 0 Å². The topological polar surface area (TPSA) is 69.6 Å². The van der Waals surface area contributed by atoms with Crippen LogP contribution in [0.3, 0.4) is 0 Å². The van der Waals surface area contributed by atoms with Gasteiger partial charge in [-0.1, -0.05) is 19.3 Å². The lowest BCUT2D eigenvalue weighted by molar-refractivity contribution is -0.163. The second-order valence-electron chi connectivity index (χ2n) is 4.43. The maximum absolute atomic E-state index is 12.0. The molecule has 0 unspecified atom stereocenters. The summed E-state index contributed by atoms with van der Waals surface area (Å²) in [7, 11) is 0. The first-order valence-corrected chi connectivity index (χ1v) is 5.49. The van der Waals surface area contributed by atoms with Gasteiger partial charge < -0.3 is 15.5 Å². The van der Waals surface area contributed by atoms with E-state index in [-0.39, 0.29) is 12.8 Å². The summed E-state index contributed by atoms with van der Waals surface area (Å²) in [5.74, 6) is -1.22. The lowest BCUT2D eigenvalue weighted by Crippen LogP contribution is -2.58. The number of amides is 1. The van der Waals surface area contributed by atoms with E-state index < -0.39 is 30.3 Å². The molecule has 0 bridgehead atoms. The minimum atomic E-state index is -4.58. The third-order valence-electron chi connectivity index (χ3n) is 2.99. The van der Waals surface area contributed by atoms with Crippen molar-refractivity contribution >= 4 is 5.91 Å². The molecule has 0 saturated heterocycles. The lowest BCUT2D eigenvalue weighted by Gasteiger charge is -2.39. The molecular formula is C10H16F3NO3. The molecular weight excluding hydrogens is 239 g/mol. The summed E-state index contributed by atoms with van der Waals surface area (Å²) >= 11 is 0. The van der Waals surface area contributed by atoms with Crippen LogP contribution >= 0.6 is 0 Å². The average molecular weight is 255 g/mol. The van der Waals surface area contributed by atoms with Crippen LogP contribution in [0.25, 0.3) is 0 Å². The van der Waals surface area contributed by atoms with Crippen LogP contribution in [0.4, 0.5) is 13.2 Å². The lowest BCUT2D eigenvalue weighted by atomic mass is 9.81. The highest BCUT2D eigenvalue weighted by molar-refractivity contribution is 5.77.